The molecule has 0 aliphatic carbocycles. The molecule has 1 heterocycles. The van der Waals surface area contributed by atoms with Crippen LogP contribution in [-0.2, 0) is 11.2 Å². The maximum Gasteiger partial charge on any atom is 0.306 e. The molecule has 1 aromatic carbocycles. The quantitative estimate of drug-likeness (QED) is 0.794. The van der Waals surface area contributed by atoms with E-state index in [2.05, 4.69) is 11.0 Å². The summed E-state index contributed by atoms with van der Waals surface area (Å²) >= 11 is 0. The minimum absolute atomic E-state index is 0.145. The molecule has 0 unspecified atom stereocenters. The van der Waals surface area contributed by atoms with Crippen LogP contribution in [0.1, 0.15) is 18.4 Å². The molecule has 98 valence electrons. The SMILES string of the molecule is Nc1cccc(CCN2CCC(C(=O)O)CC2)c1. The molecule has 0 atom stereocenters. The molecule has 0 radical (unpaired) electrons. The second-order valence-electron chi connectivity index (χ2n) is 4.95. The maximum absolute atomic E-state index is 10.8. The van der Waals surface area contributed by atoms with Gasteiger partial charge in [-0.2, -0.15) is 0 Å². The summed E-state index contributed by atoms with van der Waals surface area (Å²) in [7, 11) is 0. The summed E-state index contributed by atoms with van der Waals surface area (Å²) in [5, 5.41) is 8.93. The molecule has 0 saturated carbocycles. The van der Waals surface area contributed by atoms with Crippen molar-refractivity contribution in [1.29, 1.82) is 0 Å². The summed E-state index contributed by atoms with van der Waals surface area (Å²) in [6, 6.07) is 7.95. The van der Waals surface area contributed by atoms with E-state index in [1.54, 1.807) is 0 Å². The van der Waals surface area contributed by atoms with Gasteiger partial charge in [0.15, 0.2) is 0 Å². The lowest BCUT2D eigenvalue weighted by atomic mass is 9.97. The highest BCUT2D eigenvalue weighted by Crippen LogP contribution is 2.17. The van der Waals surface area contributed by atoms with Crippen LogP contribution in [0.4, 0.5) is 5.69 Å². The van der Waals surface area contributed by atoms with Crippen LogP contribution >= 0.6 is 0 Å². The number of nitrogen functional groups attached to an aromatic ring is 1. The van der Waals surface area contributed by atoms with E-state index in [0.29, 0.717) is 0 Å². The van der Waals surface area contributed by atoms with Crippen molar-refractivity contribution < 1.29 is 9.90 Å². The fourth-order valence-corrected chi connectivity index (χ4v) is 2.44. The Morgan fingerprint density at radius 3 is 2.72 bits per heavy atom. The Bertz CT molecular complexity index is 412. The van der Waals surface area contributed by atoms with Gasteiger partial charge in [0.05, 0.1) is 5.92 Å². The normalized spacial score (nSPS) is 17.8. The standard InChI is InChI=1S/C14H20N2O2/c15-13-3-1-2-11(10-13)4-7-16-8-5-12(6-9-16)14(17)18/h1-3,10,12H,4-9,15H2,(H,17,18). The number of anilines is 1. The molecule has 3 N–H and O–H groups in total. The van der Waals surface area contributed by atoms with Crippen LogP contribution in [0.2, 0.25) is 0 Å². The fraction of sp³-hybridized carbons (Fsp3) is 0.500. The Labute approximate surface area is 107 Å². The zero-order valence-corrected chi connectivity index (χ0v) is 10.5. The van der Waals surface area contributed by atoms with Gasteiger partial charge in [0.1, 0.15) is 0 Å². The second kappa shape index (κ2) is 5.87. The molecule has 1 fully saturated rings. The van der Waals surface area contributed by atoms with Gasteiger partial charge in [0.25, 0.3) is 0 Å². The summed E-state index contributed by atoms with van der Waals surface area (Å²) < 4.78 is 0. The van der Waals surface area contributed by atoms with E-state index >= 15 is 0 Å². The van der Waals surface area contributed by atoms with Crippen molar-refractivity contribution >= 4 is 11.7 Å². The summed E-state index contributed by atoms with van der Waals surface area (Å²) in [5.74, 6) is -0.792. The molecule has 0 spiro atoms. The number of rotatable bonds is 4. The number of aliphatic carboxylic acids is 1. The summed E-state index contributed by atoms with van der Waals surface area (Å²) in [6.07, 6.45) is 2.52. The highest BCUT2D eigenvalue weighted by atomic mass is 16.4. The van der Waals surface area contributed by atoms with Gasteiger partial charge in [-0.05, 0) is 50.0 Å². The average Bonchev–Trinajstić information content (AvgIpc) is 2.37. The summed E-state index contributed by atoms with van der Waals surface area (Å²) in [4.78, 5) is 13.2. The number of hydrogen-bond acceptors (Lipinski definition) is 3. The van der Waals surface area contributed by atoms with E-state index in [1.807, 2.05) is 18.2 Å². The highest BCUT2D eigenvalue weighted by Gasteiger charge is 2.23. The molecule has 0 aromatic heterocycles. The molecule has 0 amide bonds. The molecule has 0 bridgehead atoms. The number of benzene rings is 1. The summed E-state index contributed by atoms with van der Waals surface area (Å²) in [5.41, 5.74) is 7.79. The van der Waals surface area contributed by atoms with E-state index in [-0.39, 0.29) is 5.92 Å². The Hall–Kier alpha value is -1.55. The van der Waals surface area contributed by atoms with Gasteiger partial charge in [-0.15, -0.1) is 0 Å². The fourth-order valence-electron chi connectivity index (χ4n) is 2.44. The lowest BCUT2D eigenvalue weighted by Gasteiger charge is -2.29. The predicted octanol–water partition coefficient (Wildman–Crippen LogP) is 1.61. The van der Waals surface area contributed by atoms with Crippen molar-refractivity contribution in [3.63, 3.8) is 0 Å². The lowest BCUT2D eigenvalue weighted by Crippen LogP contribution is -2.37. The topological polar surface area (TPSA) is 66.6 Å². The van der Waals surface area contributed by atoms with Crippen molar-refractivity contribution in [2.24, 2.45) is 5.92 Å². The Morgan fingerprint density at radius 2 is 2.11 bits per heavy atom. The van der Waals surface area contributed by atoms with Crippen LogP contribution < -0.4 is 5.73 Å². The van der Waals surface area contributed by atoms with Crippen LogP contribution in [0.3, 0.4) is 0 Å². The van der Waals surface area contributed by atoms with Crippen molar-refractivity contribution in [1.82, 2.24) is 4.90 Å². The first-order chi connectivity index (χ1) is 8.65. The van der Waals surface area contributed by atoms with Crippen LogP contribution in [0.5, 0.6) is 0 Å². The largest absolute Gasteiger partial charge is 0.481 e. The van der Waals surface area contributed by atoms with Gasteiger partial charge in [-0.1, -0.05) is 12.1 Å². The molecule has 1 aromatic rings. The van der Waals surface area contributed by atoms with Gasteiger partial charge >= 0.3 is 5.97 Å². The predicted molar refractivity (Wildman–Crippen MR) is 71.4 cm³/mol. The van der Waals surface area contributed by atoms with Crippen molar-refractivity contribution in [3.8, 4) is 0 Å². The van der Waals surface area contributed by atoms with Crippen LogP contribution in [0, 0.1) is 5.92 Å². The first-order valence-corrected chi connectivity index (χ1v) is 6.45. The molecular formula is C14H20N2O2. The zero-order valence-electron chi connectivity index (χ0n) is 10.5. The Kier molecular flexibility index (Phi) is 4.20. The van der Waals surface area contributed by atoms with Gasteiger partial charge in [-0.3, -0.25) is 4.79 Å². The van der Waals surface area contributed by atoms with E-state index in [9.17, 15) is 4.79 Å². The molecule has 1 aliphatic heterocycles. The molecule has 4 heteroatoms. The number of likely N-dealkylation sites (tertiary alicyclic amines) is 1. The number of nitrogens with zero attached hydrogens (tertiary/aromatic N) is 1. The molecule has 1 aliphatic rings. The number of carboxylic acid groups (broad SMARTS) is 1. The van der Waals surface area contributed by atoms with Crippen LogP contribution in [-0.4, -0.2) is 35.6 Å². The minimum atomic E-state index is -0.648. The highest BCUT2D eigenvalue weighted by molar-refractivity contribution is 5.70. The number of carbonyl (C=O) groups is 1. The smallest absolute Gasteiger partial charge is 0.306 e. The molecule has 4 nitrogen and oxygen atoms in total. The third-order valence-electron chi connectivity index (χ3n) is 3.60. The van der Waals surface area contributed by atoms with Gasteiger partial charge in [0, 0.05) is 12.2 Å². The Balaban J connectivity index is 1.77. The minimum Gasteiger partial charge on any atom is -0.481 e. The van der Waals surface area contributed by atoms with Crippen LogP contribution in [0.25, 0.3) is 0 Å². The van der Waals surface area contributed by atoms with Crippen molar-refractivity contribution in [2.75, 3.05) is 25.4 Å². The molecular weight excluding hydrogens is 228 g/mol. The number of carboxylic acids is 1. The summed E-state index contributed by atoms with van der Waals surface area (Å²) in [6.45, 7) is 2.76. The van der Waals surface area contributed by atoms with Crippen LogP contribution in [0.15, 0.2) is 24.3 Å². The third-order valence-corrected chi connectivity index (χ3v) is 3.60. The Morgan fingerprint density at radius 1 is 1.39 bits per heavy atom. The van der Waals surface area contributed by atoms with Crippen molar-refractivity contribution in [2.45, 2.75) is 19.3 Å². The van der Waals surface area contributed by atoms with Gasteiger partial charge in [-0.25, -0.2) is 0 Å². The van der Waals surface area contributed by atoms with E-state index in [0.717, 1.165) is 44.6 Å². The van der Waals surface area contributed by atoms with Crippen molar-refractivity contribution in [3.05, 3.63) is 29.8 Å². The molecule has 18 heavy (non-hydrogen) atoms. The number of nitrogens with two attached hydrogens (primary N) is 1. The molecule has 1 saturated heterocycles. The monoisotopic (exact) mass is 248 g/mol. The van der Waals surface area contributed by atoms with E-state index in [1.165, 1.54) is 5.56 Å². The van der Waals surface area contributed by atoms with E-state index < -0.39 is 5.97 Å². The van der Waals surface area contributed by atoms with Gasteiger partial charge in [0.2, 0.25) is 0 Å². The molecule has 2 rings (SSSR count). The van der Waals surface area contributed by atoms with Gasteiger partial charge < -0.3 is 15.7 Å². The number of piperidine rings is 1. The number of hydrogen-bond donors (Lipinski definition) is 2. The zero-order chi connectivity index (χ0) is 13.0. The maximum atomic E-state index is 10.8. The first-order valence-electron chi connectivity index (χ1n) is 6.45. The average molecular weight is 248 g/mol. The lowest BCUT2D eigenvalue weighted by molar-refractivity contribution is -0.143. The third kappa shape index (κ3) is 3.47. The van der Waals surface area contributed by atoms with E-state index in [4.69, 9.17) is 10.8 Å². The first kappa shape index (κ1) is 12.9. The second-order valence-corrected chi connectivity index (χ2v) is 4.95.